The number of methoxy groups -OCH3 is 4. The van der Waals surface area contributed by atoms with Crippen LogP contribution in [0.1, 0.15) is 35.9 Å². The fourth-order valence-corrected chi connectivity index (χ4v) is 5.17. The fourth-order valence-electron chi connectivity index (χ4n) is 5.17. The number of anilines is 2. The Bertz CT molecular complexity index is 1330. The molecular formula is C29H30N2O5. The Hall–Kier alpha value is -4.13. The summed E-state index contributed by atoms with van der Waals surface area (Å²) in [6, 6.07) is 18.9. The Morgan fingerprint density at radius 3 is 1.97 bits per heavy atom. The molecule has 0 saturated carbocycles. The zero-order valence-electron chi connectivity index (χ0n) is 20.9. The molecule has 2 atom stereocenters. The number of ether oxygens (including phenoxy) is 4. The number of fused-ring (bicyclic) bond motifs is 1. The van der Waals surface area contributed by atoms with Gasteiger partial charge in [-0.1, -0.05) is 12.1 Å². The number of carbonyl (C=O) groups is 1. The number of carbonyl (C=O) groups excluding carboxylic acids is 1. The van der Waals surface area contributed by atoms with Crippen molar-refractivity contribution in [3.63, 3.8) is 0 Å². The maximum absolute atomic E-state index is 13.9. The van der Waals surface area contributed by atoms with E-state index in [9.17, 15) is 4.79 Å². The molecule has 1 aliphatic carbocycles. The first-order valence-corrected chi connectivity index (χ1v) is 11.9. The van der Waals surface area contributed by atoms with Crippen molar-refractivity contribution < 1.29 is 23.7 Å². The van der Waals surface area contributed by atoms with E-state index in [-0.39, 0.29) is 11.7 Å². The van der Waals surface area contributed by atoms with Gasteiger partial charge in [0.15, 0.2) is 5.78 Å². The van der Waals surface area contributed by atoms with Crippen LogP contribution in [0.25, 0.3) is 0 Å². The number of Topliss-reactive ketones (excluding diaryl/α,β-unsaturated/α-hetero) is 1. The number of hydrogen-bond donors (Lipinski definition) is 2. The van der Waals surface area contributed by atoms with Crippen LogP contribution in [-0.2, 0) is 4.79 Å². The molecule has 0 amide bonds. The molecule has 0 bridgehead atoms. The molecule has 7 nitrogen and oxygen atoms in total. The predicted molar refractivity (Wildman–Crippen MR) is 140 cm³/mol. The third kappa shape index (κ3) is 4.21. The van der Waals surface area contributed by atoms with Crippen molar-refractivity contribution in [1.82, 2.24) is 0 Å². The highest BCUT2D eigenvalue weighted by Gasteiger charge is 2.38. The Balaban J connectivity index is 1.65. The lowest BCUT2D eigenvalue weighted by atomic mass is 9.78. The molecule has 0 fully saturated rings. The molecule has 186 valence electrons. The van der Waals surface area contributed by atoms with Crippen molar-refractivity contribution in [2.45, 2.75) is 24.8 Å². The quantitative estimate of drug-likeness (QED) is 0.463. The van der Waals surface area contributed by atoms with Crippen molar-refractivity contribution >= 4 is 17.2 Å². The number of ketones is 1. The minimum Gasteiger partial charge on any atom is -0.497 e. The topological polar surface area (TPSA) is 78.1 Å². The van der Waals surface area contributed by atoms with E-state index in [1.807, 2.05) is 60.7 Å². The van der Waals surface area contributed by atoms with Gasteiger partial charge in [0.2, 0.25) is 0 Å². The van der Waals surface area contributed by atoms with Gasteiger partial charge in [-0.25, -0.2) is 0 Å². The maximum atomic E-state index is 13.9. The van der Waals surface area contributed by atoms with Gasteiger partial charge in [0.25, 0.3) is 0 Å². The SMILES string of the molecule is COc1ccc(OC)c(C2CC(=O)C3=C(C2)Nc2ccccc2NC3c2cc(OC)ccc2OC)c1. The third-order valence-corrected chi connectivity index (χ3v) is 6.93. The standard InChI is InChI=1S/C29H30N2O5/c1-33-18-9-11-26(35-3)20(15-18)17-13-24-28(25(32)14-17)29(31-23-8-6-5-7-22(23)30-24)21-16-19(34-2)10-12-27(21)36-4/h5-12,15-17,29-31H,13-14H2,1-4H3. The van der Waals surface area contributed by atoms with Gasteiger partial charge < -0.3 is 29.6 Å². The van der Waals surface area contributed by atoms with Crippen LogP contribution in [0.4, 0.5) is 11.4 Å². The summed E-state index contributed by atoms with van der Waals surface area (Å²) in [6.07, 6.45) is 0.994. The number of para-hydroxylation sites is 2. The van der Waals surface area contributed by atoms with E-state index >= 15 is 0 Å². The Morgan fingerprint density at radius 2 is 1.33 bits per heavy atom. The number of nitrogens with one attached hydrogen (secondary N) is 2. The van der Waals surface area contributed by atoms with E-state index in [4.69, 9.17) is 18.9 Å². The number of benzene rings is 3. The smallest absolute Gasteiger partial charge is 0.163 e. The summed E-state index contributed by atoms with van der Waals surface area (Å²) in [5.74, 6) is 2.86. The first-order valence-electron chi connectivity index (χ1n) is 11.9. The maximum Gasteiger partial charge on any atom is 0.163 e. The molecule has 2 unspecified atom stereocenters. The molecule has 0 saturated heterocycles. The first-order chi connectivity index (χ1) is 17.6. The van der Waals surface area contributed by atoms with Gasteiger partial charge in [-0.2, -0.15) is 0 Å². The zero-order chi connectivity index (χ0) is 25.2. The fraction of sp³-hybridized carbons (Fsp3) is 0.276. The van der Waals surface area contributed by atoms with E-state index in [0.29, 0.717) is 29.9 Å². The highest BCUT2D eigenvalue weighted by atomic mass is 16.5. The second-order valence-electron chi connectivity index (χ2n) is 8.88. The molecule has 0 aromatic heterocycles. The average Bonchev–Trinajstić information content (AvgIpc) is 3.09. The van der Waals surface area contributed by atoms with Gasteiger partial charge in [0.05, 0.1) is 45.9 Å². The van der Waals surface area contributed by atoms with E-state index in [1.54, 1.807) is 28.4 Å². The van der Waals surface area contributed by atoms with Crippen molar-refractivity contribution in [2.24, 2.45) is 0 Å². The normalized spacial score (nSPS) is 18.7. The molecule has 2 aliphatic rings. The monoisotopic (exact) mass is 486 g/mol. The highest BCUT2D eigenvalue weighted by molar-refractivity contribution is 6.01. The zero-order valence-corrected chi connectivity index (χ0v) is 20.9. The minimum atomic E-state index is -0.415. The Morgan fingerprint density at radius 1 is 0.722 bits per heavy atom. The van der Waals surface area contributed by atoms with Crippen LogP contribution in [0.15, 0.2) is 71.9 Å². The lowest BCUT2D eigenvalue weighted by Crippen LogP contribution is -2.27. The van der Waals surface area contributed by atoms with Crippen LogP contribution in [0, 0.1) is 0 Å². The highest BCUT2D eigenvalue weighted by Crippen LogP contribution is 2.47. The second kappa shape index (κ2) is 9.85. The molecule has 0 radical (unpaired) electrons. The van der Waals surface area contributed by atoms with Crippen LogP contribution < -0.4 is 29.6 Å². The number of allylic oxidation sites excluding steroid dienone is 1. The molecule has 0 spiro atoms. The summed E-state index contributed by atoms with van der Waals surface area (Å²) in [4.78, 5) is 13.9. The van der Waals surface area contributed by atoms with Gasteiger partial charge in [0, 0.05) is 34.7 Å². The van der Waals surface area contributed by atoms with Gasteiger partial charge in [-0.3, -0.25) is 4.79 Å². The van der Waals surface area contributed by atoms with Gasteiger partial charge in [-0.15, -0.1) is 0 Å². The lowest BCUT2D eigenvalue weighted by molar-refractivity contribution is -0.116. The van der Waals surface area contributed by atoms with Gasteiger partial charge in [0.1, 0.15) is 23.0 Å². The molecule has 36 heavy (non-hydrogen) atoms. The minimum absolute atomic E-state index is 0.0630. The molecule has 7 heteroatoms. The van der Waals surface area contributed by atoms with Crippen molar-refractivity contribution in [3.05, 3.63) is 83.1 Å². The first kappa shape index (κ1) is 23.6. The summed E-state index contributed by atoms with van der Waals surface area (Å²) in [7, 11) is 6.55. The van der Waals surface area contributed by atoms with E-state index in [2.05, 4.69) is 10.6 Å². The summed E-state index contributed by atoms with van der Waals surface area (Å²) in [5, 5.41) is 7.18. The van der Waals surface area contributed by atoms with E-state index < -0.39 is 6.04 Å². The van der Waals surface area contributed by atoms with Crippen molar-refractivity contribution in [3.8, 4) is 23.0 Å². The van der Waals surface area contributed by atoms with Crippen LogP contribution >= 0.6 is 0 Å². The third-order valence-electron chi connectivity index (χ3n) is 6.93. The Labute approximate surface area is 211 Å². The average molecular weight is 487 g/mol. The molecular weight excluding hydrogens is 456 g/mol. The van der Waals surface area contributed by atoms with Crippen LogP contribution in [0.2, 0.25) is 0 Å². The summed E-state index contributed by atoms with van der Waals surface area (Å²) >= 11 is 0. The number of hydrogen-bond acceptors (Lipinski definition) is 7. The van der Waals surface area contributed by atoms with Gasteiger partial charge >= 0.3 is 0 Å². The molecule has 1 aliphatic heterocycles. The predicted octanol–water partition coefficient (Wildman–Crippen LogP) is 5.70. The second-order valence-corrected chi connectivity index (χ2v) is 8.88. The Kier molecular flexibility index (Phi) is 6.46. The van der Waals surface area contributed by atoms with Crippen LogP contribution in [0.5, 0.6) is 23.0 Å². The van der Waals surface area contributed by atoms with Crippen LogP contribution in [-0.4, -0.2) is 34.2 Å². The molecule has 1 heterocycles. The van der Waals surface area contributed by atoms with E-state index in [0.717, 1.165) is 39.7 Å². The van der Waals surface area contributed by atoms with E-state index in [1.165, 1.54) is 0 Å². The van der Waals surface area contributed by atoms with Crippen molar-refractivity contribution in [2.75, 3.05) is 39.1 Å². The molecule has 5 rings (SSSR count). The molecule has 3 aromatic rings. The molecule has 2 N–H and O–H groups in total. The lowest BCUT2D eigenvalue weighted by Gasteiger charge is -2.31. The van der Waals surface area contributed by atoms with Crippen LogP contribution in [0.3, 0.4) is 0 Å². The van der Waals surface area contributed by atoms with Gasteiger partial charge in [-0.05, 0) is 55.0 Å². The van der Waals surface area contributed by atoms with Crippen molar-refractivity contribution in [1.29, 1.82) is 0 Å². The largest absolute Gasteiger partial charge is 0.497 e. The summed E-state index contributed by atoms with van der Waals surface area (Å²) in [5.41, 5.74) is 5.21. The summed E-state index contributed by atoms with van der Waals surface area (Å²) < 4.78 is 22.3. The molecule has 3 aromatic carbocycles. The summed E-state index contributed by atoms with van der Waals surface area (Å²) in [6.45, 7) is 0. The number of rotatable bonds is 6.